The number of esters is 1. The van der Waals surface area contributed by atoms with E-state index in [0.717, 1.165) is 0 Å². The highest BCUT2D eigenvalue weighted by Crippen LogP contribution is 2.24. The zero-order valence-corrected chi connectivity index (χ0v) is 10.9. The first-order valence-corrected chi connectivity index (χ1v) is 5.36. The Bertz CT molecular complexity index is 238. The van der Waals surface area contributed by atoms with E-state index in [1.54, 1.807) is 0 Å². The van der Waals surface area contributed by atoms with Crippen LogP contribution in [-0.2, 0) is 9.53 Å². The largest absolute Gasteiger partial charge is 0.462 e. The van der Waals surface area contributed by atoms with Gasteiger partial charge in [-0.05, 0) is 17.3 Å². The van der Waals surface area contributed by atoms with Gasteiger partial charge in [-0.1, -0.05) is 48.1 Å². The lowest BCUT2D eigenvalue weighted by atomic mass is 9.88. The van der Waals surface area contributed by atoms with Crippen molar-refractivity contribution in [1.29, 1.82) is 0 Å². The second-order valence-corrected chi connectivity index (χ2v) is 6.48. The van der Waals surface area contributed by atoms with Crippen LogP contribution in [0.2, 0.25) is 0 Å². The number of hydrogen-bond donors (Lipinski definition) is 0. The van der Waals surface area contributed by atoms with Crippen LogP contribution in [0, 0.1) is 10.8 Å². The number of rotatable bonds is 3. The van der Waals surface area contributed by atoms with Crippen molar-refractivity contribution in [2.45, 2.75) is 48.0 Å². The summed E-state index contributed by atoms with van der Waals surface area (Å²) in [6.45, 7) is 16.5. The third kappa shape index (κ3) is 8.22. The highest BCUT2D eigenvalue weighted by molar-refractivity contribution is 5.87. The minimum atomic E-state index is -0.264. The fourth-order valence-electron chi connectivity index (χ4n) is 1.10. The molecule has 0 amide bonds. The highest BCUT2D eigenvalue weighted by Gasteiger charge is 2.19. The lowest BCUT2D eigenvalue weighted by Crippen LogP contribution is -2.20. The van der Waals surface area contributed by atoms with Gasteiger partial charge in [0.15, 0.2) is 0 Å². The third-order valence-electron chi connectivity index (χ3n) is 1.67. The Hall–Kier alpha value is -0.790. The zero-order valence-electron chi connectivity index (χ0n) is 10.9. The Kier molecular flexibility index (Phi) is 4.57. The van der Waals surface area contributed by atoms with Gasteiger partial charge in [0.2, 0.25) is 0 Å². The molecule has 0 atom stereocenters. The van der Waals surface area contributed by atoms with Crippen molar-refractivity contribution in [1.82, 2.24) is 0 Å². The maximum atomic E-state index is 11.5. The summed E-state index contributed by atoms with van der Waals surface area (Å²) in [5.74, 6) is -0.264. The van der Waals surface area contributed by atoms with E-state index in [-0.39, 0.29) is 16.8 Å². The van der Waals surface area contributed by atoms with Crippen LogP contribution in [0.5, 0.6) is 0 Å². The van der Waals surface area contributed by atoms with E-state index in [1.807, 2.05) is 20.8 Å². The molecule has 88 valence electrons. The van der Waals surface area contributed by atoms with Crippen LogP contribution in [0.25, 0.3) is 0 Å². The first-order chi connectivity index (χ1) is 6.51. The molecule has 0 fully saturated rings. The molecule has 0 saturated carbocycles. The zero-order chi connectivity index (χ0) is 12.3. The summed E-state index contributed by atoms with van der Waals surface area (Å²) >= 11 is 0. The van der Waals surface area contributed by atoms with E-state index in [9.17, 15) is 4.79 Å². The summed E-state index contributed by atoms with van der Waals surface area (Å²) in [6.07, 6.45) is 0.677. The lowest BCUT2D eigenvalue weighted by Gasteiger charge is -2.21. The third-order valence-corrected chi connectivity index (χ3v) is 1.67. The van der Waals surface area contributed by atoms with Crippen LogP contribution in [0.1, 0.15) is 48.0 Å². The number of carbonyl (C=O) groups excluding carboxylic acids is 1. The molecular formula is C13H24O2. The van der Waals surface area contributed by atoms with E-state index >= 15 is 0 Å². The molecule has 0 aliphatic rings. The fraction of sp³-hybridized carbons (Fsp3) is 0.769. The predicted octanol–water partition coefficient (Wildman–Crippen LogP) is 3.57. The standard InChI is InChI=1S/C13H24O2/c1-10(8-12(2,3)4)11(14)15-9-13(5,6)7/h1,8-9H2,2-7H3. The second kappa shape index (κ2) is 4.82. The van der Waals surface area contributed by atoms with Crippen molar-refractivity contribution in [3.05, 3.63) is 12.2 Å². The van der Waals surface area contributed by atoms with Crippen LogP contribution in [0.3, 0.4) is 0 Å². The molecular weight excluding hydrogens is 188 g/mol. The van der Waals surface area contributed by atoms with Crippen molar-refractivity contribution in [2.75, 3.05) is 6.61 Å². The van der Waals surface area contributed by atoms with Gasteiger partial charge in [-0.15, -0.1) is 0 Å². The molecule has 2 heteroatoms. The average Bonchev–Trinajstić information content (AvgIpc) is 1.95. The first-order valence-electron chi connectivity index (χ1n) is 5.36. The Labute approximate surface area is 93.7 Å². The van der Waals surface area contributed by atoms with Gasteiger partial charge in [0.05, 0.1) is 6.61 Å². The molecule has 0 aromatic rings. The summed E-state index contributed by atoms with van der Waals surface area (Å²) in [5, 5.41) is 0. The molecule has 0 heterocycles. The maximum Gasteiger partial charge on any atom is 0.333 e. The summed E-state index contributed by atoms with van der Waals surface area (Å²) in [7, 11) is 0. The SMILES string of the molecule is C=C(CC(C)(C)C)C(=O)OCC(C)(C)C. The van der Waals surface area contributed by atoms with Gasteiger partial charge >= 0.3 is 5.97 Å². The molecule has 0 aliphatic carbocycles. The molecule has 2 nitrogen and oxygen atoms in total. The first kappa shape index (κ1) is 14.2. The Morgan fingerprint density at radius 2 is 1.53 bits per heavy atom. The minimum Gasteiger partial charge on any atom is -0.462 e. The molecule has 0 bridgehead atoms. The van der Waals surface area contributed by atoms with Gasteiger partial charge in [-0.3, -0.25) is 0 Å². The van der Waals surface area contributed by atoms with Gasteiger partial charge in [0.1, 0.15) is 0 Å². The molecule has 0 rings (SSSR count). The Morgan fingerprint density at radius 1 is 1.07 bits per heavy atom. The van der Waals surface area contributed by atoms with Crippen molar-refractivity contribution < 1.29 is 9.53 Å². The fourth-order valence-corrected chi connectivity index (χ4v) is 1.10. The molecule has 0 spiro atoms. The maximum absolute atomic E-state index is 11.5. The number of ether oxygens (including phenoxy) is 1. The van der Waals surface area contributed by atoms with Crippen LogP contribution >= 0.6 is 0 Å². The predicted molar refractivity (Wildman–Crippen MR) is 63.6 cm³/mol. The number of hydrogen-bond acceptors (Lipinski definition) is 2. The van der Waals surface area contributed by atoms with Gasteiger partial charge < -0.3 is 4.74 Å². The quantitative estimate of drug-likeness (QED) is 0.528. The van der Waals surface area contributed by atoms with E-state index in [2.05, 4.69) is 27.4 Å². The summed E-state index contributed by atoms with van der Waals surface area (Å²) in [4.78, 5) is 11.5. The molecule has 0 aliphatic heterocycles. The highest BCUT2D eigenvalue weighted by atomic mass is 16.5. The summed E-state index contributed by atoms with van der Waals surface area (Å²) in [6, 6.07) is 0. The van der Waals surface area contributed by atoms with E-state index in [1.165, 1.54) is 0 Å². The van der Waals surface area contributed by atoms with Gasteiger partial charge in [0.25, 0.3) is 0 Å². The molecule has 0 unspecified atom stereocenters. The molecule has 0 N–H and O–H groups in total. The van der Waals surface area contributed by atoms with Gasteiger partial charge in [0, 0.05) is 5.57 Å². The van der Waals surface area contributed by atoms with E-state index in [0.29, 0.717) is 18.6 Å². The Morgan fingerprint density at radius 3 is 1.87 bits per heavy atom. The van der Waals surface area contributed by atoms with Crippen LogP contribution in [0.4, 0.5) is 0 Å². The molecule has 0 aromatic carbocycles. The molecule has 0 saturated heterocycles. The molecule has 0 aromatic heterocycles. The summed E-state index contributed by atoms with van der Waals surface area (Å²) < 4.78 is 5.18. The van der Waals surface area contributed by atoms with Crippen LogP contribution in [0.15, 0.2) is 12.2 Å². The number of carbonyl (C=O) groups is 1. The van der Waals surface area contributed by atoms with Crippen LogP contribution in [-0.4, -0.2) is 12.6 Å². The minimum absolute atomic E-state index is 0.0116. The monoisotopic (exact) mass is 212 g/mol. The molecule has 15 heavy (non-hydrogen) atoms. The topological polar surface area (TPSA) is 26.3 Å². The average molecular weight is 212 g/mol. The second-order valence-electron chi connectivity index (χ2n) is 6.48. The molecule has 0 radical (unpaired) electrons. The van der Waals surface area contributed by atoms with Crippen molar-refractivity contribution in [3.8, 4) is 0 Å². The van der Waals surface area contributed by atoms with Crippen molar-refractivity contribution in [3.63, 3.8) is 0 Å². The van der Waals surface area contributed by atoms with Gasteiger partial charge in [-0.25, -0.2) is 4.79 Å². The van der Waals surface area contributed by atoms with Crippen LogP contribution < -0.4 is 0 Å². The van der Waals surface area contributed by atoms with E-state index < -0.39 is 0 Å². The normalized spacial score (nSPS) is 12.4. The van der Waals surface area contributed by atoms with Crippen molar-refractivity contribution >= 4 is 5.97 Å². The lowest BCUT2D eigenvalue weighted by molar-refractivity contribution is -0.142. The smallest absolute Gasteiger partial charge is 0.333 e. The van der Waals surface area contributed by atoms with Gasteiger partial charge in [-0.2, -0.15) is 0 Å². The Balaban J connectivity index is 4.08. The van der Waals surface area contributed by atoms with Crippen molar-refractivity contribution in [2.24, 2.45) is 10.8 Å². The summed E-state index contributed by atoms with van der Waals surface area (Å²) in [5.41, 5.74) is 0.655. The van der Waals surface area contributed by atoms with E-state index in [4.69, 9.17) is 4.74 Å².